The molecule has 0 unspecified atom stereocenters. The summed E-state index contributed by atoms with van der Waals surface area (Å²) in [7, 11) is 1.80. The van der Waals surface area contributed by atoms with E-state index in [1.807, 2.05) is 0 Å². The Bertz CT molecular complexity index is 348. The van der Waals surface area contributed by atoms with Gasteiger partial charge in [0, 0.05) is 12.0 Å². The molecule has 0 saturated carbocycles. The average molecular weight is 239 g/mol. The lowest BCUT2D eigenvalue weighted by Crippen LogP contribution is -2.38. The Morgan fingerprint density at radius 2 is 1.82 bits per heavy atom. The summed E-state index contributed by atoms with van der Waals surface area (Å²) in [6, 6.07) is 0. The molecule has 0 aliphatic carbocycles. The molecular formula is C12H25N5. The predicted octanol–water partition coefficient (Wildman–Crippen LogP) is 1.56. The maximum absolute atomic E-state index is 4.23. The van der Waals surface area contributed by atoms with Gasteiger partial charge in [0.05, 0.1) is 7.05 Å². The smallest absolute Gasteiger partial charge is 0.175 e. The number of hydrogen-bond acceptors (Lipinski definition) is 4. The van der Waals surface area contributed by atoms with Crippen LogP contribution in [0, 0.1) is 5.41 Å². The van der Waals surface area contributed by atoms with Crippen molar-refractivity contribution in [2.75, 3.05) is 6.54 Å². The molecule has 17 heavy (non-hydrogen) atoms. The molecule has 0 saturated heterocycles. The molecule has 5 heteroatoms. The van der Waals surface area contributed by atoms with Gasteiger partial charge in [0.1, 0.15) is 0 Å². The van der Waals surface area contributed by atoms with Crippen LogP contribution in [0.3, 0.4) is 0 Å². The normalized spacial score (nSPS) is 13.1. The van der Waals surface area contributed by atoms with Gasteiger partial charge in [-0.05, 0) is 44.4 Å². The molecule has 1 N–H and O–H groups in total. The molecule has 0 spiro atoms. The van der Waals surface area contributed by atoms with Crippen molar-refractivity contribution in [3.8, 4) is 0 Å². The van der Waals surface area contributed by atoms with E-state index in [-0.39, 0.29) is 11.0 Å². The van der Waals surface area contributed by atoms with Crippen LogP contribution >= 0.6 is 0 Å². The van der Waals surface area contributed by atoms with Gasteiger partial charge in [0.25, 0.3) is 0 Å². The first-order valence-electron chi connectivity index (χ1n) is 6.16. The molecule has 0 radical (unpaired) electrons. The van der Waals surface area contributed by atoms with E-state index in [1.165, 1.54) is 4.80 Å². The van der Waals surface area contributed by atoms with Gasteiger partial charge in [-0.3, -0.25) is 0 Å². The van der Waals surface area contributed by atoms with Crippen LogP contribution in [0.1, 0.15) is 46.9 Å². The minimum atomic E-state index is 0.181. The molecule has 5 nitrogen and oxygen atoms in total. The fraction of sp³-hybridized carbons (Fsp3) is 0.917. The third-order valence-corrected chi connectivity index (χ3v) is 2.64. The van der Waals surface area contributed by atoms with Gasteiger partial charge in [-0.25, -0.2) is 0 Å². The zero-order chi connectivity index (χ0) is 13.1. The number of aryl methyl sites for hydroxylation is 1. The van der Waals surface area contributed by atoms with Gasteiger partial charge in [0.15, 0.2) is 5.82 Å². The number of hydrogen-bond donors (Lipinski definition) is 1. The first-order valence-corrected chi connectivity index (χ1v) is 6.16. The summed E-state index contributed by atoms with van der Waals surface area (Å²) in [5.41, 5.74) is 0.377. The lowest BCUT2D eigenvalue weighted by atomic mass is 9.85. The van der Waals surface area contributed by atoms with Crippen LogP contribution < -0.4 is 5.32 Å². The number of aromatic nitrogens is 4. The minimum Gasteiger partial charge on any atom is -0.312 e. The summed E-state index contributed by atoms with van der Waals surface area (Å²) in [6.45, 7) is 12.1. The van der Waals surface area contributed by atoms with E-state index in [9.17, 15) is 0 Å². The van der Waals surface area contributed by atoms with E-state index in [2.05, 4.69) is 55.3 Å². The van der Waals surface area contributed by atoms with Gasteiger partial charge in [-0.2, -0.15) is 4.80 Å². The fourth-order valence-corrected chi connectivity index (χ4v) is 1.69. The minimum absolute atomic E-state index is 0.181. The van der Waals surface area contributed by atoms with Gasteiger partial charge >= 0.3 is 0 Å². The molecular weight excluding hydrogens is 214 g/mol. The van der Waals surface area contributed by atoms with Crippen molar-refractivity contribution >= 4 is 0 Å². The van der Waals surface area contributed by atoms with Gasteiger partial charge < -0.3 is 5.32 Å². The molecule has 1 heterocycles. The molecule has 0 aromatic carbocycles. The van der Waals surface area contributed by atoms with Crippen LogP contribution in [0.25, 0.3) is 0 Å². The third kappa shape index (κ3) is 5.77. The number of rotatable bonds is 5. The highest BCUT2D eigenvalue weighted by molar-refractivity contribution is 4.86. The standard InChI is InChI=1S/C12H25N5/c1-11(2,3)13-8-7-12(4,5)9-10-14-16-17(6)15-10/h13H,7-9H2,1-6H3. The third-order valence-electron chi connectivity index (χ3n) is 2.64. The SMILES string of the molecule is Cn1nnc(CC(C)(C)CCNC(C)(C)C)n1. The van der Waals surface area contributed by atoms with Crippen molar-refractivity contribution in [1.29, 1.82) is 0 Å². The Kier molecular flexibility index (Phi) is 4.25. The fourth-order valence-electron chi connectivity index (χ4n) is 1.69. The predicted molar refractivity (Wildman–Crippen MR) is 68.7 cm³/mol. The molecule has 0 atom stereocenters. The highest BCUT2D eigenvalue weighted by atomic mass is 15.6. The summed E-state index contributed by atoms with van der Waals surface area (Å²) >= 11 is 0. The molecule has 0 aliphatic rings. The van der Waals surface area contributed by atoms with Crippen molar-refractivity contribution in [2.45, 2.75) is 53.0 Å². The maximum atomic E-state index is 4.23. The Labute approximate surface area is 104 Å². The first kappa shape index (κ1) is 14.1. The van der Waals surface area contributed by atoms with E-state index in [0.717, 1.165) is 25.2 Å². The molecule has 1 aromatic heterocycles. The molecule has 0 bridgehead atoms. The summed E-state index contributed by atoms with van der Waals surface area (Å²) in [5, 5.41) is 15.6. The molecule has 1 rings (SSSR count). The van der Waals surface area contributed by atoms with Crippen LogP contribution in [-0.2, 0) is 13.5 Å². The Balaban J connectivity index is 2.41. The van der Waals surface area contributed by atoms with Crippen molar-refractivity contribution in [3.63, 3.8) is 0 Å². The van der Waals surface area contributed by atoms with Crippen molar-refractivity contribution < 1.29 is 0 Å². The van der Waals surface area contributed by atoms with Gasteiger partial charge in [-0.15, -0.1) is 10.2 Å². The Morgan fingerprint density at radius 1 is 1.18 bits per heavy atom. The molecule has 98 valence electrons. The highest BCUT2D eigenvalue weighted by Crippen LogP contribution is 2.23. The van der Waals surface area contributed by atoms with E-state index in [4.69, 9.17) is 0 Å². The van der Waals surface area contributed by atoms with E-state index in [0.29, 0.717) is 0 Å². The highest BCUT2D eigenvalue weighted by Gasteiger charge is 2.21. The largest absolute Gasteiger partial charge is 0.312 e. The van der Waals surface area contributed by atoms with Crippen LogP contribution in [0.5, 0.6) is 0 Å². The van der Waals surface area contributed by atoms with E-state index < -0.39 is 0 Å². The lowest BCUT2D eigenvalue weighted by Gasteiger charge is -2.27. The Hall–Kier alpha value is -0.970. The summed E-state index contributed by atoms with van der Waals surface area (Å²) < 4.78 is 0. The van der Waals surface area contributed by atoms with Crippen molar-refractivity contribution in [3.05, 3.63) is 5.82 Å². The quantitative estimate of drug-likeness (QED) is 0.847. The number of nitrogens with one attached hydrogen (secondary N) is 1. The van der Waals surface area contributed by atoms with Crippen LogP contribution in [0.2, 0.25) is 0 Å². The molecule has 1 aromatic rings. The Morgan fingerprint density at radius 3 is 2.29 bits per heavy atom. The number of tetrazole rings is 1. The van der Waals surface area contributed by atoms with Crippen LogP contribution in [0.4, 0.5) is 0 Å². The van der Waals surface area contributed by atoms with Crippen LogP contribution in [-0.4, -0.2) is 32.3 Å². The monoisotopic (exact) mass is 239 g/mol. The maximum Gasteiger partial charge on any atom is 0.175 e. The van der Waals surface area contributed by atoms with E-state index >= 15 is 0 Å². The topological polar surface area (TPSA) is 55.6 Å². The van der Waals surface area contributed by atoms with Crippen molar-refractivity contribution in [1.82, 2.24) is 25.5 Å². The molecule has 0 aliphatic heterocycles. The van der Waals surface area contributed by atoms with Gasteiger partial charge in [-0.1, -0.05) is 13.8 Å². The second-order valence-corrected chi connectivity index (χ2v) is 6.46. The first-order chi connectivity index (χ1) is 7.68. The second kappa shape index (κ2) is 5.12. The summed E-state index contributed by atoms with van der Waals surface area (Å²) in [4.78, 5) is 1.51. The zero-order valence-corrected chi connectivity index (χ0v) is 11.9. The summed E-state index contributed by atoms with van der Waals surface area (Å²) in [5.74, 6) is 0.827. The second-order valence-electron chi connectivity index (χ2n) is 6.46. The zero-order valence-electron chi connectivity index (χ0n) is 11.9. The van der Waals surface area contributed by atoms with E-state index in [1.54, 1.807) is 7.05 Å². The summed E-state index contributed by atoms with van der Waals surface area (Å²) in [6.07, 6.45) is 1.97. The van der Waals surface area contributed by atoms with Crippen molar-refractivity contribution in [2.24, 2.45) is 12.5 Å². The van der Waals surface area contributed by atoms with Crippen LogP contribution in [0.15, 0.2) is 0 Å². The lowest BCUT2D eigenvalue weighted by molar-refractivity contribution is 0.297. The molecule has 0 fully saturated rings. The number of nitrogens with zero attached hydrogens (tertiary/aromatic N) is 4. The average Bonchev–Trinajstić information content (AvgIpc) is 2.47. The van der Waals surface area contributed by atoms with Gasteiger partial charge in [0.2, 0.25) is 0 Å². The molecule has 0 amide bonds.